The molecule has 0 aliphatic carbocycles. The monoisotopic (exact) mass is 408 g/mol. The molecule has 0 unspecified atom stereocenters. The average Bonchev–Trinajstić information content (AvgIpc) is 2.69. The van der Waals surface area contributed by atoms with Gasteiger partial charge in [-0.05, 0) is 68.9 Å². The molecule has 0 saturated carbocycles. The number of allylic oxidation sites excluding steroid dienone is 7. The van der Waals surface area contributed by atoms with Crippen molar-refractivity contribution in [2.45, 2.75) is 53.9 Å². The minimum Gasteiger partial charge on any atom is -0.496 e. The van der Waals surface area contributed by atoms with E-state index < -0.39 is 0 Å². The Labute approximate surface area is 182 Å². The number of unbranched alkanes of at least 4 members (excludes halogenated alkanes) is 1. The van der Waals surface area contributed by atoms with Gasteiger partial charge in [0.1, 0.15) is 5.75 Å². The first-order chi connectivity index (χ1) is 14.3. The third-order valence-electron chi connectivity index (χ3n) is 4.81. The van der Waals surface area contributed by atoms with E-state index in [1.54, 1.807) is 7.11 Å². The van der Waals surface area contributed by atoms with Crippen molar-refractivity contribution in [3.05, 3.63) is 82.5 Å². The van der Waals surface area contributed by atoms with Crippen LogP contribution in [0, 0.1) is 13.8 Å². The summed E-state index contributed by atoms with van der Waals surface area (Å²) in [7, 11) is 1.71. The van der Waals surface area contributed by atoms with E-state index in [0.717, 1.165) is 36.2 Å². The molecular formula is C27H36O3. The van der Waals surface area contributed by atoms with Gasteiger partial charge in [-0.25, -0.2) is 4.79 Å². The van der Waals surface area contributed by atoms with Crippen LogP contribution in [0.15, 0.2) is 60.2 Å². The molecule has 0 amide bonds. The van der Waals surface area contributed by atoms with Gasteiger partial charge in [0.05, 0.1) is 13.7 Å². The Balaban J connectivity index is 2.89. The van der Waals surface area contributed by atoms with Gasteiger partial charge in [0, 0.05) is 11.6 Å². The van der Waals surface area contributed by atoms with Gasteiger partial charge in [-0.1, -0.05) is 55.4 Å². The highest BCUT2D eigenvalue weighted by molar-refractivity contribution is 5.83. The number of hydrogen-bond donors (Lipinski definition) is 0. The third-order valence-corrected chi connectivity index (χ3v) is 4.81. The van der Waals surface area contributed by atoms with Gasteiger partial charge in [-0.15, -0.1) is 6.58 Å². The predicted molar refractivity (Wildman–Crippen MR) is 128 cm³/mol. The van der Waals surface area contributed by atoms with E-state index in [2.05, 4.69) is 52.5 Å². The third kappa shape index (κ3) is 8.28. The average molecular weight is 409 g/mol. The van der Waals surface area contributed by atoms with E-state index in [1.165, 1.54) is 28.3 Å². The maximum atomic E-state index is 11.7. The molecule has 0 atom stereocenters. The molecule has 0 aliphatic heterocycles. The van der Waals surface area contributed by atoms with Crippen LogP contribution in [0.2, 0.25) is 0 Å². The zero-order valence-electron chi connectivity index (χ0n) is 19.4. The summed E-state index contributed by atoms with van der Waals surface area (Å²) in [4.78, 5) is 11.7. The number of esters is 1. The van der Waals surface area contributed by atoms with Crippen molar-refractivity contribution < 1.29 is 14.3 Å². The number of hydrogen-bond acceptors (Lipinski definition) is 3. The van der Waals surface area contributed by atoms with Crippen LogP contribution in [-0.4, -0.2) is 19.7 Å². The second-order valence-electron chi connectivity index (χ2n) is 7.42. The van der Waals surface area contributed by atoms with E-state index >= 15 is 0 Å². The first kappa shape index (κ1) is 25.2. The van der Waals surface area contributed by atoms with Crippen molar-refractivity contribution >= 4 is 12.0 Å². The Hall–Kier alpha value is -2.81. The number of aryl methyl sites for hydroxylation is 1. The Kier molecular flexibility index (Phi) is 11.3. The molecule has 0 bridgehead atoms. The molecule has 1 aromatic rings. The zero-order chi connectivity index (χ0) is 22.5. The quantitative estimate of drug-likeness (QED) is 0.132. The van der Waals surface area contributed by atoms with Crippen molar-refractivity contribution in [1.29, 1.82) is 0 Å². The molecule has 0 fully saturated rings. The summed E-state index contributed by atoms with van der Waals surface area (Å²) < 4.78 is 10.7. The van der Waals surface area contributed by atoms with Crippen LogP contribution in [0.1, 0.15) is 55.9 Å². The van der Waals surface area contributed by atoms with E-state index in [4.69, 9.17) is 9.47 Å². The fraction of sp³-hybridized carbons (Fsp3) is 0.370. The second kappa shape index (κ2) is 13.4. The maximum absolute atomic E-state index is 11.7. The summed E-state index contributed by atoms with van der Waals surface area (Å²) in [6.45, 7) is 14.6. The highest BCUT2D eigenvalue weighted by Gasteiger charge is 2.11. The van der Waals surface area contributed by atoms with E-state index in [1.807, 2.05) is 31.2 Å². The maximum Gasteiger partial charge on any atom is 0.331 e. The fourth-order valence-corrected chi connectivity index (χ4v) is 3.06. The molecule has 0 radical (unpaired) electrons. The molecule has 1 aromatic carbocycles. The number of benzene rings is 1. The lowest BCUT2D eigenvalue weighted by atomic mass is 9.94. The summed E-state index contributed by atoms with van der Waals surface area (Å²) >= 11 is 0. The smallest absolute Gasteiger partial charge is 0.331 e. The summed E-state index contributed by atoms with van der Waals surface area (Å²) in [6, 6.07) is 2.08. The summed E-state index contributed by atoms with van der Waals surface area (Å²) in [6.07, 6.45) is 16.2. The number of methoxy groups -OCH3 is 1. The molecular weight excluding hydrogens is 372 g/mol. The molecule has 0 heterocycles. The predicted octanol–water partition coefficient (Wildman–Crippen LogP) is 6.85. The Morgan fingerprint density at radius 2 is 1.90 bits per heavy atom. The Morgan fingerprint density at radius 1 is 1.17 bits per heavy atom. The minimum atomic E-state index is -0.285. The normalized spacial score (nSPS) is 12.6. The van der Waals surface area contributed by atoms with Gasteiger partial charge >= 0.3 is 5.97 Å². The van der Waals surface area contributed by atoms with Crippen LogP contribution in [0.25, 0.3) is 6.08 Å². The van der Waals surface area contributed by atoms with E-state index in [9.17, 15) is 4.79 Å². The van der Waals surface area contributed by atoms with Crippen LogP contribution in [0.3, 0.4) is 0 Å². The lowest BCUT2D eigenvalue weighted by Gasteiger charge is -2.15. The number of carbonyl (C=O) groups excluding carboxylic acids is 1. The van der Waals surface area contributed by atoms with Gasteiger partial charge in [-0.3, -0.25) is 0 Å². The zero-order valence-corrected chi connectivity index (χ0v) is 19.4. The molecule has 0 spiro atoms. The van der Waals surface area contributed by atoms with Crippen LogP contribution < -0.4 is 4.74 Å². The molecule has 30 heavy (non-hydrogen) atoms. The first-order valence-corrected chi connectivity index (χ1v) is 10.5. The molecule has 0 saturated heterocycles. The van der Waals surface area contributed by atoms with Crippen LogP contribution in [0.4, 0.5) is 0 Å². The summed E-state index contributed by atoms with van der Waals surface area (Å²) in [5, 5.41) is 0. The Morgan fingerprint density at radius 3 is 2.53 bits per heavy atom. The van der Waals surface area contributed by atoms with Gasteiger partial charge in [0.15, 0.2) is 0 Å². The highest BCUT2D eigenvalue weighted by atomic mass is 16.5. The van der Waals surface area contributed by atoms with Crippen molar-refractivity contribution in [3.63, 3.8) is 0 Å². The number of ether oxygens (including phenoxy) is 2. The van der Waals surface area contributed by atoms with Crippen LogP contribution in [0.5, 0.6) is 5.75 Å². The molecule has 3 nitrogen and oxygen atoms in total. The largest absolute Gasteiger partial charge is 0.496 e. The lowest BCUT2D eigenvalue weighted by molar-refractivity contribution is -0.137. The summed E-state index contributed by atoms with van der Waals surface area (Å²) in [5.41, 5.74) is 6.75. The first-order valence-electron chi connectivity index (χ1n) is 10.5. The SMILES string of the molecule is C=CCc1c(OC)cc(C)c(C=CC(C)=CC=CC(C)=CC(=O)OCCCC)c1C. The second-order valence-corrected chi connectivity index (χ2v) is 7.42. The Bertz CT molecular complexity index is 851. The van der Waals surface area contributed by atoms with Crippen molar-refractivity contribution in [2.75, 3.05) is 13.7 Å². The molecule has 0 aliphatic rings. The fourth-order valence-electron chi connectivity index (χ4n) is 3.06. The molecule has 3 heteroatoms. The molecule has 162 valence electrons. The van der Waals surface area contributed by atoms with Crippen LogP contribution in [-0.2, 0) is 16.0 Å². The number of rotatable bonds is 11. The van der Waals surface area contributed by atoms with Gasteiger partial charge in [0.2, 0.25) is 0 Å². The van der Waals surface area contributed by atoms with Gasteiger partial charge in [-0.2, -0.15) is 0 Å². The topological polar surface area (TPSA) is 35.5 Å². The van der Waals surface area contributed by atoms with Gasteiger partial charge in [0.25, 0.3) is 0 Å². The van der Waals surface area contributed by atoms with E-state index in [-0.39, 0.29) is 5.97 Å². The molecule has 0 aromatic heterocycles. The molecule has 1 rings (SSSR count). The lowest BCUT2D eigenvalue weighted by Crippen LogP contribution is -2.02. The van der Waals surface area contributed by atoms with Crippen molar-refractivity contribution in [1.82, 2.24) is 0 Å². The highest BCUT2D eigenvalue weighted by Crippen LogP contribution is 2.30. The standard InChI is InChI=1S/C27H36O3/c1-8-10-17-30-27(28)18-21(4)14-11-13-20(3)15-16-24-22(5)19-26(29-7)25(12-9-2)23(24)6/h9,11,13-16,18-19H,2,8,10,12,17H2,1,3-7H3. The van der Waals surface area contributed by atoms with Gasteiger partial charge < -0.3 is 9.47 Å². The van der Waals surface area contributed by atoms with E-state index in [0.29, 0.717) is 6.61 Å². The summed E-state index contributed by atoms with van der Waals surface area (Å²) in [5.74, 6) is 0.625. The van der Waals surface area contributed by atoms with Crippen molar-refractivity contribution in [3.8, 4) is 5.75 Å². The molecule has 0 N–H and O–H groups in total. The minimum absolute atomic E-state index is 0.285. The van der Waals surface area contributed by atoms with Crippen LogP contribution >= 0.6 is 0 Å². The van der Waals surface area contributed by atoms with Crippen molar-refractivity contribution in [2.24, 2.45) is 0 Å². The number of carbonyl (C=O) groups is 1.